The summed E-state index contributed by atoms with van der Waals surface area (Å²) >= 11 is 0. The van der Waals surface area contributed by atoms with E-state index in [0.717, 1.165) is 19.3 Å². The van der Waals surface area contributed by atoms with Crippen LogP contribution >= 0.6 is 0 Å². The molecule has 10 heteroatoms. The van der Waals surface area contributed by atoms with Crippen molar-refractivity contribution in [1.82, 2.24) is 19.5 Å². The van der Waals surface area contributed by atoms with Gasteiger partial charge in [-0.25, -0.2) is 15.0 Å². The lowest BCUT2D eigenvalue weighted by molar-refractivity contribution is -0.174. The molecule has 1 aliphatic rings. The molecule has 4 atom stereocenters. The Kier molecular flexibility index (Phi) is 9.79. The maximum Gasteiger partial charge on any atom is 0.208 e. The number of nitrogens with zero attached hydrogens (tertiary/aromatic N) is 4. The number of nitrogens with two attached hydrogens (primary N) is 1. The zero-order chi connectivity index (χ0) is 30.1. The average molecular weight is 574 g/mol. The van der Waals surface area contributed by atoms with Crippen molar-refractivity contribution in [3.8, 4) is 11.8 Å². The van der Waals surface area contributed by atoms with E-state index in [9.17, 15) is 0 Å². The Bertz CT molecular complexity index is 1220. The minimum Gasteiger partial charge on any atom is -0.382 e. The Morgan fingerprint density at radius 1 is 1.02 bits per heavy atom. The lowest BCUT2D eigenvalue weighted by Crippen LogP contribution is -2.58. The van der Waals surface area contributed by atoms with Crippen LogP contribution in [0, 0.1) is 11.8 Å². The molecule has 1 fully saturated rings. The van der Waals surface area contributed by atoms with Crippen molar-refractivity contribution >= 4 is 25.8 Å². The number of hydrogen-bond donors (Lipinski definition) is 1. The third-order valence-corrected chi connectivity index (χ3v) is 8.94. The van der Waals surface area contributed by atoms with E-state index >= 15 is 0 Å². The minimum atomic E-state index is -1.78. The highest BCUT2D eigenvalue weighted by molar-refractivity contribution is 6.58. The molecule has 2 aromatic heterocycles. The molecule has 0 aromatic carbocycles. The Labute approximate surface area is 242 Å². The fourth-order valence-electron chi connectivity index (χ4n) is 4.92. The van der Waals surface area contributed by atoms with Crippen LogP contribution in [0.2, 0.25) is 13.1 Å². The maximum atomic E-state index is 7.14. The number of nitrogen functional groups attached to an aromatic ring is 1. The van der Waals surface area contributed by atoms with Crippen LogP contribution in [-0.4, -0.2) is 70.0 Å². The van der Waals surface area contributed by atoms with Crippen LogP contribution in [0.15, 0.2) is 6.33 Å². The van der Waals surface area contributed by atoms with Gasteiger partial charge in [0.15, 0.2) is 16.8 Å². The first-order valence-electron chi connectivity index (χ1n) is 14.6. The molecule has 0 unspecified atom stereocenters. The van der Waals surface area contributed by atoms with Gasteiger partial charge in [0.1, 0.15) is 23.8 Å². The molecule has 1 saturated heterocycles. The summed E-state index contributed by atoms with van der Waals surface area (Å²) in [6, 6.07) is 0. The standard InChI is InChI=1S/C30H51N5O4Si/c1-13-14-15-16-17-21-33-25(31)22-26(34-21)35(19-32-22)30(40(11)12)24(39-29(8,9)10)23(38-28(5,6)7)20(37-30)18-36-27(2,3)4/h19-20,23-24,40H,13-15,18H2,1-12H3,(H2,31,33,34)/t20-,23-,24-,30-/m1/s1. The van der Waals surface area contributed by atoms with Crippen molar-refractivity contribution in [2.45, 2.75) is 142 Å². The second kappa shape index (κ2) is 12.1. The monoisotopic (exact) mass is 573 g/mol. The molecule has 40 heavy (non-hydrogen) atoms. The normalized spacial score (nSPS) is 24.1. The van der Waals surface area contributed by atoms with E-state index in [2.05, 4.69) is 83.4 Å². The smallest absolute Gasteiger partial charge is 0.208 e. The highest BCUT2D eigenvalue weighted by Crippen LogP contribution is 2.45. The minimum absolute atomic E-state index is 0.297. The third-order valence-electron chi connectivity index (χ3n) is 6.55. The SMILES string of the molecule is CCCCC#Cc1nc(N)c2ncn([C@@]3([SiH](C)C)O[C@H](COC(C)(C)C)[C@@H](OC(C)(C)C)[C@H]3OC(C)(C)C)c2n1. The van der Waals surface area contributed by atoms with Crippen LogP contribution in [0.4, 0.5) is 5.82 Å². The highest BCUT2D eigenvalue weighted by atomic mass is 28.3. The van der Waals surface area contributed by atoms with Crippen LogP contribution in [0.5, 0.6) is 0 Å². The zero-order valence-corrected chi connectivity index (χ0v) is 27.9. The molecular weight excluding hydrogens is 522 g/mol. The predicted molar refractivity (Wildman–Crippen MR) is 163 cm³/mol. The topological polar surface area (TPSA) is 107 Å². The summed E-state index contributed by atoms with van der Waals surface area (Å²) in [6.45, 7) is 25.5. The summed E-state index contributed by atoms with van der Waals surface area (Å²) in [4.78, 5) is 13.9. The number of hydrogen-bond acceptors (Lipinski definition) is 8. The van der Waals surface area contributed by atoms with Crippen molar-refractivity contribution in [1.29, 1.82) is 0 Å². The van der Waals surface area contributed by atoms with Gasteiger partial charge in [-0.1, -0.05) is 32.4 Å². The Morgan fingerprint density at radius 3 is 2.23 bits per heavy atom. The van der Waals surface area contributed by atoms with Gasteiger partial charge in [0, 0.05) is 6.42 Å². The second-order valence-corrected chi connectivity index (χ2v) is 17.1. The first-order valence-corrected chi connectivity index (χ1v) is 17.4. The fraction of sp³-hybridized carbons (Fsp3) is 0.767. The van der Waals surface area contributed by atoms with E-state index in [1.807, 2.05) is 25.3 Å². The van der Waals surface area contributed by atoms with Gasteiger partial charge < -0.3 is 24.7 Å². The van der Waals surface area contributed by atoms with E-state index < -0.39 is 37.6 Å². The molecule has 3 heterocycles. The van der Waals surface area contributed by atoms with Crippen molar-refractivity contribution in [2.75, 3.05) is 12.3 Å². The third kappa shape index (κ3) is 7.62. The maximum absolute atomic E-state index is 7.14. The Hall–Kier alpha value is -2.03. The first-order chi connectivity index (χ1) is 18.4. The highest BCUT2D eigenvalue weighted by Gasteiger charge is 2.61. The van der Waals surface area contributed by atoms with E-state index in [1.54, 1.807) is 6.33 Å². The molecule has 0 bridgehead atoms. The molecule has 224 valence electrons. The van der Waals surface area contributed by atoms with Crippen molar-refractivity contribution in [2.24, 2.45) is 0 Å². The molecule has 0 amide bonds. The van der Waals surface area contributed by atoms with E-state index in [-0.39, 0.29) is 11.7 Å². The van der Waals surface area contributed by atoms with E-state index in [4.69, 9.17) is 29.7 Å². The van der Waals surface area contributed by atoms with Crippen LogP contribution in [0.3, 0.4) is 0 Å². The number of imidazole rings is 1. The van der Waals surface area contributed by atoms with Gasteiger partial charge in [-0.2, -0.15) is 0 Å². The van der Waals surface area contributed by atoms with Gasteiger partial charge in [-0.05, 0) is 74.7 Å². The largest absolute Gasteiger partial charge is 0.382 e. The van der Waals surface area contributed by atoms with Gasteiger partial charge in [0.05, 0.1) is 38.5 Å². The summed E-state index contributed by atoms with van der Waals surface area (Å²) in [5.41, 5.74) is 6.25. The quantitative estimate of drug-likeness (QED) is 0.261. The summed E-state index contributed by atoms with van der Waals surface area (Å²) in [7, 11) is -1.78. The zero-order valence-electron chi connectivity index (χ0n) is 26.7. The average Bonchev–Trinajstić information content (AvgIpc) is 3.34. The van der Waals surface area contributed by atoms with Gasteiger partial charge in [0.2, 0.25) is 5.82 Å². The number of anilines is 1. The van der Waals surface area contributed by atoms with Crippen molar-refractivity contribution in [3.05, 3.63) is 12.2 Å². The molecule has 2 N–H and O–H groups in total. The summed E-state index contributed by atoms with van der Waals surface area (Å²) in [5, 5.41) is -0.891. The van der Waals surface area contributed by atoms with Crippen LogP contribution < -0.4 is 5.73 Å². The molecule has 0 spiro atoms. The Balaban J connectivity index is 2.25. The summed E-state index contributed by atoms with van der Waals surface area (Å²) < 4.78 is 29.1. The number of aromatic nitrogens is 4. The molecular formula is C30H51N5O4Si. The molecule has 9 nitrogen and oxygen atoms in total. The molecule has 0 saturated carbocycles. The van der Waals surface area contributed by atoms with E-state index in [1.165, 1.54) is 0 Å². The van der Waals surface area contributed by atoms with Gasteiger partial charge in [0.25, 0.3) is 0 Å². The van der Waals surface area contributed by atoms with Crippen LogP contribution in [-0.2, 0) is 24.3 Å². The van der Waals surface area contributed by atoms with Crippen LogP contribution in [0.1, 0.15) is 94.3 Å². The second-order valence-electron chi connectivity index (χ2n) is 14.0. The lowest BCUT2D eigenvalue weighted by atomic mass is 10.1. The summed E-state index contributed by atoms with van der Waals surface area (Å²) in [5.74, 6) is 6.95. The van der Waals surface area contributed by atoms with Gasteiger partial charge in [-0.15, -0.1) is 0 Å². The molecule has 2 aromatic rings. The predicted octanol–water partition coefficient (Wildman–Crippen LogP) is 5.21. The fourth-order valence-corrected chi connectivity index (χ4v) is 7.03. The number of fused-ring (bicyclic) bond motifs is 1. The van der Waals surface area contributed by atoms with Crippen molar-refractivity contribution < 1.29 is 18.9 Å². The Morgan fingerprint density at radius 2 is 1.68 bits per heavy atom. The molecule has 0 aliphatic carbocycles. The van der Waals surface area contributed by atoms with E-state index in [0.29, 0.717) is 29.4 Å². The van der Waals surface area contributed by atoms with Gasteiger partial charge in [-0.3, -0.25) is 4.57 Å². The number of ether oxygens (including phenoxy) is 4. The van der Waals surface area contributed by atoms with Crippen molar-refractivity contribution in [3.63, 3.8) is 0 Å². The van der Waals surface area contributed by atoms with Crippen LogP contribution in [0.25, 0.3) is 11.2 Å². The first kappa shape index (κ1) is 32.5. The summed E-state index contributed by atoms with van der Waals surface area (Å²) in [6.07, 6.45) is 3.40. The molecule has 0 radical (unpaired) electrons. The number of rotatable bonds is 8. The number of unbranched alkanes of at least 4 members (excludes halogenated alkanes) is 2. The molecule has 1 aliphatic heterocycles. The molecule has 3 rings (SSSR count). The van der Waals surface area contributed by atoms with Gasteiger partial charge >= 0.3 is 0 Å². The lowest BCUT2D eigenvalue weighted by Gasteiger charge is -2.42.